The van der Waals surface area contributed by atoms with E-state index >= 15 is 0 Å². The van der Waals surface area contributed by atoms with Gasteiger partial charge in [0.25, 0.3) is 0 Å². The van der Waals surface area contributed by atoms with E-state index in [1.165, 1.54) is 193 Å². The molecule has 0 aromatic carbocycles. The average molecular weight is 951 g/mol. The van der Waals surface area contributed by atoms with Gasteiger partial charge in [-0.3, -0.25) is 0 Å². The maximum atomic E-state index is 3.78. The molecule has 310 valence electrons. The molecule has 0 aliphatic rings. The van der Waals surface area contributed by atoms with Crippen LogP contribution >= 0.6 is 13.5 Å². The summed E-state index contributed by atoms with van der Waals surface area (Å²) in [4.78, 5) is 0. The fourth-order valence-electron chi connectivity index (χ4n) is 4.68. The van der Waals surface area contributed by atoms with E-state index in [2.05, 4.69) is 83.1 Å². The fourth-order valence-corrected chi connectivity index (χ4v) is 4.68. The average Bonchev–Trinajstić information content (AvgIpc) is 3.11. The van der Waals surface area contributed by atoms with Gasteiger partial charge in [-0.1, -0.05) is 314 Å². The second-order valence-corrected chi connectivity index (χ2v) is 13.6. The van der Waals surface area contributed by atoms with Gasteiger partial charge < -0.3 is 0 Å². The zero-order chi connectivity index (χ0) is 37.5. The Kier molecular flexibility index (Phi) is 136. The van der Waals surface area contributed by atoms with Crippen molar-refractivity contribution >= 4 is 61.3 Å². The normalized spacial score (nSPS) is 9.18. The van der Waals surface area contributed by atoms with Crippen molar-refractivity contribution < 1.29 is 0 Å². The third-order valence-corrected chi connectivity index (χ3v) is 8.12. The summed E-state index contributed by atoms with van der Waals surface area (Å²) in [5, 5.41) is 0. The minimum atomic E-state index is 0. The van der Waals surface area contributed by atoms with Crippen LogP contribution in [0.25, 0.3) is 0 Å². The van der Waals surface area contributed by atoms with Gasteiger partial charge >= 0.3 is 0 Å². The van der Waals surface area contributed by atoms with E-state index in [0.717, 1.165) is 38.5 Å². The molecule has 0 aromatic rings. The van der Waals surface area contributed by atoms with E-state index in [1.807, 2.05) is 0 Å². The standard InChI is InChI=1S/6C8H17.H2S.2Sn/c6*1-3-5-7-8-6-4-2;;;/h6*1,3-8H2,2H3;1H2;;. The molecule has 0 heterocycles. The SMILES string of the molecule is S.[CH2]CCCCCCC.[CH2]CCCCCCC.[CH2]CCCCCCC.[CH2]CCCCCCC.[CH2]CCCCCCC.[CH2]CCCCCCC.[Sn].[Sn]. The summed E-state index contributed by atoms with van der Waals surface area (Å²) < 4.78 is 0. The van der Waals surface area contributed by atoms with Gasteiger partial charge in [-0.2, -0.15) is 13.5 Å². The van der Waals surface area contributed by atoms with Crippen molar-refractivity contribution in [2.45, 2.75) is 273 Å². The molecule has 0 spiro atoms. The largest absolute Gasteiger partial charge is 0.197 e. The third kappa shape index (κ3) is 127. The van der Waals surface area contributed by atoms with Gasteiger partial charge in [0.1, 0.15) is 0 Å². The third-order valence-electron chi connectivity index (χ3n) is 8.12. The molecule has 0 aromatic heterocycles. The molecule has 0 saturated carbocycles. The Morgan fingerprint density at radius 2 is 0.294 bits per heavy atom. The topological polar surface area (TPSA) is 0 Å². The van der Waals surface area contributed by atoms with Crippen LogP contribution in [-0.2, 0) is 0 Å². The summed E-state index contributed by atoms with van der Waals surface area (Å²) >= 11 is 0. The van der Waals surface area contributed by atoms with Crippen molar-refractivity contribution in [3.8, 4) is 0 Å². The summed E-state index contributed by atoms with van der Waals surface area (Å²) in [6, 6.07) is 0. The molecule has 14 radical (unpaired) electrons. The summed E-state index contributed by atoms with van der Waals surface area (Å²) in [5.41, 5.74) is 0. The molecule has 51 heavy (non-hydrogen) atoms. The molecular weight excluding hydrogens is 846 g/mol. The Balaban J connectivity index is -0.0000000586. The van der Waals surface area contributed by atoms with Gasteiger partial charge in [0.2, 0.25) is 0 Å². The van der Waals surface area contributed by atoms with E-state index in [9.17, 15) is 0 Å². The fraction of sp³-hybridized carbons (Fsp3) is 0.875. The molecule has 0 saturated heterocycles. The number of unbranched alkanes of at least 4 members (excludes halogenated alkanes) is 30. The smallest absolute Gasteiger partial charge is 0 e. The van der Waals surface area contributed by atoms with E-state index < -0.39 is 0 Å². The summed E-state index contributed by atoms with van der Waals surface area (Å²) in [6.07, 6.45) is 47.9. The Morgan fingerprint density at radius 3 is 0.373 bits per heavy atom. The Bertz CT molecular complexity index is 262. The van der Waals surface area contributed by atoms with Crippen LogP contribution in [0.4, 0.5) is 0 Å². The molecule has 0 unspecified atom stereocenters. The van der Waals surface area contributed by atoms with Gasteiger partial charge in [-0.05, 0) is 0 Å². The molecule has 0 N–H and O–H groups in total. The van der Waals surface area contributed by atoms with Gasteiger partial charge in [-0.25, -0.2) is 0 Å². The van der Waals surface area contributed by atoms with E-state index in [0.29, 0.717) is 0 Å². The van der Waals surface area contributed by atoms with Crippen molar-refractivity contribution in [1.29, 1.82) is 0 Å². The Hall–Kier alpha value is 1.95. The second-order valence-electron chi connectivity index (χ2n) is 13.6. The van der Waals surface area contributed by atoms with Gasteiger partial charge in [0, 0.05) is 47.8 Å². The van der Waals surface area contributed by atoms with Crippen molar-refractivity contribution in [3.63, 3.8) is 0 Å². The van der Waals surface area contributed by atoms with Crippen molar-refractivity contribution in [2.75, 3.05) is 0 Å². The van der Waals surface area contributed by atoms with Crippen LogP contribution < -0.4 is 0 Å². The molecule has 0 aliphatic heterocycles. The molecule has 0 amide bonds. The van der Waals surface area contributed by atoms with E-state index in [-0.39, 0.29) is 61.3 Å². The number of rotatable bonds is 30. The van der Waals surface area contributed by atoms with Crippen LogP contribution in [0.15, 0.2) is 0 Å². The molecule has 0 bridgehead atoms. The van der Waals surface area contributed by atoms with E-state index in [1.54, 1.807) is 0 Å². The van der Waals surface area contributed by atoms with Crippen LogP contribution in [0.1, 0.15) is 273 Å². The monoisotopic (exact) mass is 953 g/mol. The predicted molar refractivity (Wildman–Crippen MR) is 254 cm³/mol. The van der Waals surface area contributed by atoms with Crippen LogP contribution in [0, 0.1) is 41.5 Å². The number of hydrogen-bond donors (Lipinski definition) is 0. The minimum absolute atomic E-state index is 0. The molecule has 0 aliphatic carbocycles. The molecule has 0 fully saturated rings. The maximum absolute atomic E-state index is 3.78. The summed E-state index contributed by atoms with van der Waals surface area (Å²) in [6.45, 7) is 36.1. The minimum Gasteiger partial charge on any atom is -0.197 e. The first-order valence-corrected chi connectivity index (χ1v) is 22.2. The quantitative estimate of drug-likeness (QED) is 0.0497. The number of hydrogen-bond acceptors (Lipinski definition) is 0. The van der Waals surface area contributed by atoms with Crippen LogP contribution in [0.2, 0.25) is 0 Å². The van der Waals surface area contributed by atoms with Crippen molar-refractivity contribution in [1.82, 2.24) is 0 Å². The second kappa shape index (κ2) is 93.6. The van der Waals surface area contributed by atoms with E-state index in [4.69, 9.17) is 0 Å². The first-order chi connectivity index (χ1) is 23.5. The van der Waals surface area contributed by atoms with Crippen molar-refractivity contribution in [2.24, 2.45) is 0 Å². The van der Waals surface area contributed by atoms with Crippen molar-refractivity contribution in [3.05, 3.63) is 41.5 Å². The molecule has 0 atom stereocenters. The zero-order valence-corrected chi connectivity index (χ0v) is 43.9. The maximum Gasteiger partial charge on any atom is 0 e. The molecule has 3 heteroatoms. The molecule has 0 rings (SSSR count). The van der Waals surface area contributed by atoms with Gasteiger partial charge in [0.15, 0.2) is 0 Å². The summed E-state index contributed by atoms with van der Waals surface area (Å²) in [7, 11) is 0. The first kappa shape index (κ1) is 74.0. The predicted octanol–water partition coefficient (Wildman–Crippen LogP) is 18.4. The zero-order valence-electron chi connectivity index (χ0n) is 37.2. The van der Waals surface area contributed by atoms with Crippen LogP contribution in [-0.4, -0.2) is 47.8 Å². The van der Waals surface area contributed by atoms with Gasteiger partial charge in [0.05, 0.1) is 0 Å². The Labute approximate surface area is 372 Å². The van der Waals surface area contributed by atoms with Crippen LogP contribution in [0.5, 0.6) is 0 Å². The van der Waals surface area contributed by atoms with Crippen LogP contribution in [0.3, 0.4) is 0 Å². The summed E-state index contributed by atoms with van der Waals surface area (Å²) in [5.74, 6) is 0. The Morgan fingerprint density at radius 1 is 0.196 bits per heavy atom. The first-order valence-electron chi connectivity index (χ1n) is 22.2. The molecule has 0 nitrogen and oxygen atoms in total. The van der Waals surface area contributed by atoms with Gasteiger partial charge in [-0.15, -0.1) is 0 Å². The molecular formula is C48H104SSn2.